The topological polar surface area (TPSA) is 49.4 Å². The third-order valence-electron chi connectivity index (χ3n) is 4.10. The highest BCUT2D eigenvalue weighted by atomic mass is 32.2. The van der Waals surface area contributed by atoms with Crippen LogP contribution in [0.3, 0.4) is 0 Å². The number of fused-ring (bicyclic) bond motifs is 2. The van der Waals surface area contributed by atoms with Gasteiger partial charge in [0.25, 0.3) is 0 Å². The first kappa shape index (κ1) is 14.8. The molecule has 2 saturated heterocycles. The van der Waals surface area contributed by atoms with Crippen molar-refractivity contribution in [3.8, 4) is 0 Å². The fraction of sp³-hybridized carbons (Fsp3) is 0.538. The van der Waals surface area contributed by atoms with Gasteiger partial charge in [-0.2, -0.15) is 4.31 Å². The minimum Gasteiger partial charge on any atom is -0.310 e. The molecule has 0 radical (unpaired) electrons. The van der Waals surface area contributed by atoms with Gasteiger partial charge in [0.2, 0.25) is 10.0 Å². The second kappa shape index (κ2) is 5.26. The fourth-order valence-electron chi connectivity index (χ4n) is 2.98. The molecule has 2 heterocycles. The van der Waals surface area contributed by atoms with E-state index in [1.54, 1.807) is 0 Å². The van der Waals surface area contributed by atoms with Crippen molar-refractivity contribution in [3.63, 3.8) is 0 Å². The highest BCUT2D eigenvalue weighted by Crippen LogP contribution is 2.27. The van der Waals surface area contributed by atoms with Crippen molar-refractivity contribution in [2.75, 3.05) is 13.1 Å². The molecule has 1 N–H and O–H groups in total. The maximum atomic E-state index is 13.8. The van der Waals surface area contributed by atoms with Crippen LogP contribution in [0.2, 0.25) is 0 Å². The molecule has 0 aliphatic carbocycles. The highest BCUT2D eigenvalue weighted by Gasteiger charge is 2.36. The number of rotatable bonds is 2. The Hall–Kier alpha value is -1.12. The van der Waals surface area contributed by atoms with E-state index in [2.05, 4.69) is 5.32 Å². The number of hydrogen-bond donors (Lipinski definition) is 1. The summed E-state index contributed by atoms with van der Waals surface area (Å²) in [5, 5.41) is 3.31. The Kier molecular flexibility index (Phi) is 3.71. The van der Waals surface area contributed by atoms with Crippen molar-refractivity contribution in [3.05, 3.63) is 29.6 Å². The SMILES string of the molecule is O=S(=O)(c1ccc(F)c(F)c1F)N1CCC2CCC(C1)N2. The summed E-state index contributed by atoms with van der Waals surface area (Å²) in [5.74, 6) is -4.81. The molecule has 2 atom stereocenters. The van der Waals surface area contributed by atoms with Crippen LogP contribution in [0.15, 0.2) is 17.0 Å². The number of hydrogen-bond acceptors (Lipinski definition) is 3. The first-order valence-corrected chi connectivity index (χ1v) is 8.23. The zero-order valence-corrected chi connectivity index (χ0v) is 12.0. The van der Waals surface area contributed by atoms with E-state index in [9.17, 15) is 21.6 Å². The first-order valence-electron chi connectivity index (χ1n) is 6.79. The second-order valence-corrected chi connectivity index (χ2v) is 7.37. The zero-order chi connectivity index (χ0) is 15.2. The lowest BCUT2D eigenvalue weighted by Crippen LogP contribution is -2.39. The van der Waals surface area contributed by atoms with Crippen LogP contribution in [0.4, 0.5) is 13.2 Å². The van der Waals surface area contributed by atoms with Crippen molar-refractivity contribution < 1.29 is 21.6 Å². The molecule has 0 amide bonds. The van der Waals surface area contributed by atoms with E-state index in [0.29, 0.717) is 12.5 Å². The summed E-state index contributed by atoms with van der Waals surface area (Å²) in [4.78, 5) is -0.806. The molecule has 4 nitrogen and oxygen atoms in total. The Morgan fingerprint density at radius 3 is 2.52 bits per heavy atom. The van der Waals surface area contributed by atoms with Crippen LogP contribution in [-0.4, -0.2) is 37.9 Å². The molecular weight excluding hydrogens is 305 g/mol. The Labute approximate surface area is 121 Å². The molecule has 116 valence electrons. The van der Waals surface area contributed by atoms with E-state index in [4.69, 9.17) is 0 Å². The van der Waals surface area contributed by atoms with Gasteiger partial charge >= 0.3 is 0 Å². The fourth-order valence-corrected chi connectivity index (χ4v) is 4.53. The summed E-state index contributed by atoms with van der Waals surface area (Å²) in [6, 6.07) is 1.71. The van der Waals surface area contributed by atoms with Crippen molar-refractivity contribution in [2.45, 2.75) is 36.2 Å². The van der Waals surface area contributed by atoms with E-state index in [0.717, 1.165) is 23.2 Å². The molecule has 0 spiro atoms. The Morgan fingerprint density at radius 2 is 1.76 bits per heavy atom. The Morgan fingerprint density at radius 1 is 1.05 bits per heavy atom. The molecule has 2 aliphatic rings. The van der Waals surface area contributed by atoms with Crippen LogP contribution < -0.4 is 5.32 Å². The van der Waals surface area contributed by atoms with E-state index in [1.807, 2.05) is 0 Å². The monoisotopic (exact) mass is 320 g/mol. The highest BCUT2D eigenvalue weighted by molar-refractivity contribution is 7.89. The van der Waals surface area contributed by atoms with Gasteiger partial charge in [-0.25, -0.2) is 21.6 Å². The van der Waals surface area contributed by atoms with E-state index < -0.39 is 32.4 Å². The summed E-state index contributed by atoms with van der Waals surface area (Å²) in [5.41, 5.74) is 0. The van der Waals surface area contributed by atoms with E-state index >= 15 is 0 Å². The van der Waals surface area contributed by atoms with Crippen molar-refractivity contribution in [1.82, 2.24) is 9.62 Å². The van der Waals surface area contributed by atoms with Crippen molar-refractivity contribution in [2.24, 2.45) is 0 Å². The minimum absolute atomic E-state index is 0.0284. The van der Waals surface area contributed by atoms with Gasteiger partial charge in [0.05, 0.1) is 0 Å². The van der Waals surface area contributed by atoms with Crippen molar-refractivity contribution >= 4 is 10.0 Å². The average molecular weight is 320 g/mol. The van der Waals surface area contributed by atoms with Gasteiger partial charge in [-0.3, -0.25) is 0 Å². The minimum atomic E-state index is -4.17. The molecular formula is C13H15F3N2O2S. The summed E-state index contributed by atoms with van der Waals surface area (Å²) in [7, 11) is -4.17. The molecule has 2 aliphatic heterocycles. The average Bonchev–Trinajstić information content (AvgIpc) is 2.74. The molecule has 1 aromatic carbocycles. The normalized spacial score (nSPS) is 26.8. The Balaban J connectivity index is 1.95. The van der Waals surface area contributed by atoms with Gasteiger partial charge in [0.15, 0.2) is 17.5 Å². The standard InChI is InChI=1S/C13H15F3N2O2S/c14-10-3-4-11(13(16)12(10)15)21(19,20)18-6-5-8-1-2-9(7-18)17-8/h3-4,8-9,17H,1-2,5-7H2. The molecule has 3 rings (SSSR count). The van der Waals surface area contributed by atoms with Crippen LogP contribution in [0.1, 0.15) is 19.3 Å². The summed E-state index contributed by atoms with van der Waals surface area (Å²) >= 11 is 0. The molecule has 0 aromatic heterocycles. The predicted molar refractivity (Wildman–Crippen MR) is 69.6 cm³/mol. The molecule has 2 fully saturated rings. The van der Waals surface area contributed by atoms with Gasteiger partial charge in [-0.05, 0) is 31.4 Å². The summed E-state index contributed by atoms with van der Waals surface area (Å²) < 4.78 is 66.1. The number of halogens is 3. The lowest BCUT2D eigenvalue weighted by atomic mass is 10.1. The molecule has 8 heteroatoms. The van der Waals surface area contributed by atoms with Crippen LogP contribution >= 0.6 is 0 Å². The van der Waals surface area contributed by atoms with Crippen molar-refractivity contribution in [1.29, 1.82) is 0 Å². The van der Waals surface area contributed by atoms with Crippen LogP contribution in [0, 0.1) is 17.5 Å². The second-order valence-electron chi connectivity index (χ2n) is 5.46. The molecule has 2 unspecified atom stereocenters. The third kappa shape index (κ3) is 2.56. The third-order valence-corrected chi connectivity index (χ3v) is 5.99. The number of nitrogens with zero attached hydrogens (tertiary/aromatic N) is 1. The van der Waals surface area contributed by atoms with Gasteiger partial charge in [0.1, 0.15) is 4.90 Å². The molecule has 2 bridgehead atoms. The largest absolute Gasteiger partial charge is 0.310 e. The maximum absolute atomic E-state index is 13.8. The number of sulfonamides is 1. The Bertz CT molecular complexity index is 666. The lowest BCUT2D eigenvalue weighted by Gasteiger charge is -2.23. The predicted octanol–water partition coefficient (Wildman–Crippen LogP) is 1.62. The van der Waals surface area contributed by atoms with E-state index in [1.165, 1.54) is 0 Å². The van der Waals surface area contributed by atoms with Gasteiger partial charge in [-0.15, -0.1) is 0 Å². The number of benzene rings is 1. The molecule has 0 saturated carbocycles. The van der Waals surface area contributed by atoms with Gasteiger partial charge in [0, 0.05) is 25.2 Å². The van der Waals surface area contributed by atoms with Gasteiger partial charge < -0.3 is 5.32 Å². The van der Waals surface area contributed by atoms with Gasteiger partial charge in [-0.1, -0.05) is 0 Å². The van der Waals surface area contributed by atoms with Crippen LogP contribution in [0.5, 0.6) is 0 Å². The quantitative estimate of drug-likeness (QED) is 0.843. The molecule has 21 heavy (non-hydrogen) atoms. The van der Waals surface area contributed by atoms with Crippen LogP contribution in [0.25, 0.3) is 0 Å². The van der Waals surface area contributed by atoms with Crippen LogP contribution in [-0.2, 0) is 10.0 Å². The summed E-state index contributed by atoms with van der Waals surface area (Å²) in [6.45, 7) is 0.464. The zero-order valence-electron chi connectivity index (χ0n) is 11.2. The first-order chi connectivity index (χ1) is 9.89. The summed E-state index contributed by atoms with van der Waals surface area (Å²) in [6.07, 6.45) is 2.48. The maximum Gasteiger partial charge on any atom is 0.246 e. The number of nitrogens with one attached hydrogen (secondary N) is 1. The lowest BCUT2D eigenvalue weighted by molar-refractivity contribution is 0.376. The smallest absolute Gasteiger partial charge is 0.246 e. The molecule has 1 aromatic rings. The van der Waals surface area contributed by atoms with E-state index in [-0.39, 0.29) is 25.2 Å².